The molecule has 5 aromatic rings. The molecule has 1 aliphatic rings. The molecule has 0 atom stereocenters. The average molecular weight is 615 g/mol. The minimum atomic E-state index is -4.14. The molecule has 1 N–H and O–H groups in total. The van der Waals surface area contributed by atoms with E-state index in [2.05, 4.69) is 14.9 Å². The number of benzene rings is 3. The van der Waals surface area contributed by atoms with Crippen molar-refractivity contribution in [1.82, 2.24) is 14.5 Å². The molecule has 3 aromatic carbocycles. The molecule has 3 heterocycles. The first-order valence-electron chi connectivity index (χ1n) is 13.6. The molecule has 44 heavy (non-hydrogen) atoms. The quantitative estimate of drug-likeness (QED) is 0.156. The summed E-state index contributed by atoms with van der Waals surface area (Å²) >= 11 is 0. The summed E-state index contributed by atoms with van der Waals surface area (Å²) in [7, 11) is -4.14. The molecule has 0 radical (unpaired) electrons. The Morgan fingerprint density at radius 1 is 0.909 bits per heavy atom. The van der Waals surface area contributed by atoms with Crippen LogP contribution < -0.4 is 25.2 Å². The molecule has 0 saturated carbocycles. The fourth-order valence-corrected chi connectivity index (χ4v) is 6.37. The molecule has 0 bridgehead atoms. The number of piperazine rings is 1. The molecule has 14 heteroatoms. The van der Waals surface area contributed by atoms with Gasteiger partial charge in [0.05, 0.1) is 11.5 Å². The van der Waals surface area contributed by atoms with Gasteiger partial charge in [0, 0.05) is 73.2 Å². The van der Waals surface area contributed by atoms with E-state index in [0.717, 1.165) is 5.69 Å². The second kappa shape index (κ2) is 11.6. The Bertz CT molecular complexity index is 2060. The second-order valence-electron chi connectivity index (χ2n) is 10.2. The Kier molecular flexibility index (Phi) is 7.57. The summed E-state index contributed by atoms with van der Waals surface area (Å²) in [6.45, 7) is 2.29. The van der Waals surface area contributed by atoms with Gasteiger partial charge in [-0.25, -0.2) is 4.79 Å². The van der Waals surface area contributed by atoms with E-state index < -0.39 is 26.3 Å². The van der Waals surface area contributed by atoms with Crippen LogP contribution in [0.25, 0.3) is 10.8 Å². The van der Waals surface area contributed by atoms with E-state index in [1.54, 1.807) is 48.7 Å². The van der Waals surface area contributed by atoms with Crippen LogP contribution in [0.5, 0.6) is 5.75 Å². The molecule has 0 unspecified atom stereocenters. The minimum absolute atomic E-state index is 0.0173. The van der Waals surface area contributed by atoms with Crippen molar-refractivity contribution in [2.45, 2.75) is 11.4 Å². The summed E-state index contributed by atoms with van der Waals surface area (Å²) < 4.78 is 33.0. The number of hydrogen-bond acceptors (Lipinski definition) is 10. The highest BCUT2D eigenvalue weighted by Crippen LogP contribution is 2.26. The molecular formula is C30H26N6O7S. The highest BCUT2D eigenvalue weighted by molar-refractivity contribution is 7.87. The van der Waals surface area contributed by atoms with Crippen molar-refractivity contribution in [2.75, 3.05) is 36.0 Å². The third-order valence-electron chi connectivity index (χ3n) is 7.42. The number of anilines is 2. The summed E-state index contributed by atoms with van der Waals surface area (Å²) in [4.78, 5) is 46.1. The summed E-state index contributed by atoms with van der Waals surface area (Å²) in [5, 5.41) is 12.1. The first-order valence-corrected chi connectivity index (χ1v) is 15.0. The van der Waals surface area contributed by atoms with Crippen molar-refractivity contribution in [2.24, 2.45) is 0 Å². The maximum atomic E-state index is 13.1. The normalized spacial score (nSPS) is 13.6. The number of aromatic nitrogens is 3. The maximum absolute atomic E-state index is 13.1. The van der Waals surface area contributed by atoms with Gasteiger partial charge in [-0.15, -0.1) is 0 Å². The maximum Gasteiger partial charge on any atom is 0.339 e. The lowest BCUT2D eigenvalue weighted by atomic mass is 10.2. The Morgan fingerprint density at radius 3 is 2.32 bits per heavy atom. The largest absolute Gasteiger partial charge is 0.379 e. The highest BCUT2D eigenvalue weighted by Gasteiger charge is 2.23. The van der Waals surface area contributed by atoms with Crippen molar-refractivity contribution in [3.05, 3.63) is 128 Å². The molecular weight excluding hydrogens is 588 g/mol. The van der Waals surface area contributed by atoms with Crippen LogP contribution in [0.1, 0.15) is 5.56 Å². The van der Waals surface area contributed by atoms with E-state index in [1.807, 2.05) is 4.90 Å². The van der Waals surface area contributed by atoms with E-state index in [-0.39, 0.29) is 22.9 Å². The monoisotopic (exact) mass is 614 g/mol. The number of nitro groups is 1. The zero-order chi connectivity index (χ0) is 30.8. The van der Waals surface area contributed by atoms with Crippen molar-refractivity contribution >= 4 is 38.1 Å². The Morgan fingerprint density at radius 2 is 1.61 bits per heavy atom. The van der Waals surface area contributed by atoms with Gasteiger partial charge < -0.3 is 14.0 Å². The zero-order valence-corrected chi connectivity index (χ0v) is 24.0. The molecule has 0 spiro atoms. The molecule has 1 fully saturated rings. The molecule has 0 aliphatic carbocycles. The number of nitro benzene ring substituents is 1. The van der Waals surface area contributed by atoms with Gasteiger partial charge in [0.15, 0.2) is 0 Å². The Hall–Kier alpha value is -5.50. The molecule has 0 amide bonds. The number of fused-ring (bicyclic) bond motifs is 1. The lowest BCUT2D eigenvalue weighted by Crippen LogP contribution is -2.49. The minimum Gasteiger partial charge on any atom is -0.379 e. The molecule has 13 nitrogen and oxygen atoms in total. The number of nitrogens with one attached hydrogen (secondary N) is 1. The Balaban J connectivity index is 1.18. The van der Waals surface area contributed by atoms with Crippen LogP contribution in [0, 0.1) is 10.1 Å². The predicted molar refractivity (Wildman–Crippen MR) is 164 cm³/mol. The standard InChI is InChI=1S/C30H26N6O7S/c37-28-18-29(34-16-14-33(15-17-34)23-6-8-24(9-7-23)36(39)40)35(30(38)32-28)20-21-4-10-25(11-5-21)43-44(41,42)27-3-1-2-22-19-31-13-12-26(22)27/h1-13,18-19H,14-17,20H2,(H,32,37,38). The van der Waals surface area contributed by atoms with E-state index in [9.17, 15) is 28.1 Å². The first kappa shape index (κ1) is 28.6. The third-order valence-corrected chi connectivity index (χ3v) is 8.73. The van der Waals surface area contributed by atoms with Gasteiger partial charge in [0.2, 0.25) is 0 Å². The smallest absolute Gasteiger partial charge is 0.339 e. The van der Waals surface area contributed by atoms with Gasteiger partial charge in [-0.05, 0) is 42.0 Å². The van der Waals surface area contributed by atoms with Gasteiger partial charge in [-0.2, -0.15) is 8.42 Å². The number of pyridine rings is 1. The van der Waals surface area contributed by atoms with E-state index in [4.69, 9.17) is 4.18 Å². The van der Waals surface area contributed by atoms with Gasteiger partial charge >= 0.3 is 15.8 Å². The van der Waals surface area contributed by atoms with Gasteiger partial charge in [0.25, 0.3) is 11.2 Å². The fraction of sp³-hybridized carbons (Fsp3) is 0.167. The molecule has 224 valence electrons. The van der Waals surface area contributed by atoms with Gasteiger partial charge in [-0.3, -0.25) is 29.4 Å². The van der Waals surface area contributed by atoms with Crippen molar-refractivity contribution in [1.29, 1.82) is 0 Å². The lowest BCUT2D eigenvalue weighted by molar-refractivity contribution is -0.384. The molecule has 2 aromatic heterocycles. The third kappa shape index (κ3) is 5.87. The zero-order valence-electron chi connectivity index (χ0n) is 23.2. The van der Waals surface area contributed by atoms with Crippen LogP contribution >= 0.6 is 0 Å². The number of H-pyrrole nitrogens is 1. The number of rotatable bonds is 8. The van der Waals surface area contributed by atoms with Crippen LogP contribution in [0.3, 0.4) is 0 Å². The number of nitrogens with zero attached hydrogens (tertiary/aromatic N) is 5. The molecule has 1 aliphatic heterocycles. The number of non-ortho nitro benzene ring substituents is 1. The van der Waals surface area contributed by atoms with E-state index in [0.29, 0.717) is 48.3 Å². The second-order valence-corrected chi connectivity index (χ2v) is 11.7. The summed E-state index contributed by atoms with van der Waals surface area (Å²) in [6, 6.07) is 20.5. The predicted octanol–water partition coefficient (Wildman–Crippen LogP) is 3.14. The molecule has 1 saturated heterocycles. The van der Waals surface area contributed by atoms with Crippen LogP contribution in [-0.2, 0) is 16.7 Å². The fourth-order valence-electron chi connectivity index (χ4n) is 5.22. The SMILES string of the molecule is O=c1cc(N2CCN(c3ccc([N+](=O)[O-])cc3)CC2)n(Cc2ccc(OS(=O)(=O)c3cccc4cnccc34)cc2)c(=O)[nH]1. The Labute approximate surface area is 250 Å². The topological polar surface area (TPSA) is 161 Å². The van der Waals surface area contributed by atoms with Crippen LogP contribution in [0.4, 0.5) is 17.2 Å². The number of aromatic amines is 1. The van der Waals surface area contributed by atoms with Crippen LogP contribution in [0.15, 0.2) is 106 Å². The van der Waals surface area contributed by atoms with Gasteiger partial charge in [-0.1, -0.05) is 24.3 Å². The first-order chi connectivity index (χ1) is 21.2. The summed E-state index contributed by atoms with van der Waals surface area (Å²) in [5.74, 6) is 0.562. The lowest BCUT2D eigenvalue weighted by Gasteiger charge is -2.37. The van der Waals surface area contributed by atoms with Crippen molar-refractivity contribution in [3.63, 3.8) is 0 Å². The van der Waals surface area contributed by atoms with Crippen molar-refractivity contribution in [3.8, 4) is 5.75 Å². The molecule has 6 rings (SSSR count). The summed E-state index contributed by atoms with van der Waals surface area (Å²) in [5.41, 5.74) is 0.464. The van der Waals surface area contributed by atoms with E-state index >= 15 is 0 Å². The average Bonchev–Trinajstić information content (AvgIpc) is 3.03. The van der Waals surface area contributed by atoms with Crippen LogP contribution in [0.2, 0.25) is 0 Å². The highest BCUT2D eigenvalue weighted by atomic mass is 32.2. The summed E-state index contributed by atoms with van der Waals surface area (Å²) in [6.07, 6.45) is 3.09. The number of hydrogen-bond donors (Lipinski definition) is 1. The van der Waals surface area contributed by atoms with Crippen molar-refractivity contribution < 1.29 is 17.5 Å². The van der Waals surface area contributed by atoms with Crippen LogP contribution in [-0.4, -0.2) is 54.1 Å². The van der Waals surface area contributed by atoms with Gasteiger partial charge in [0.1, 0.15) is 16.5 Å². The van der Waals surface area contributed by atoms with E-state index in [1.165, 1.54) is 47.2 Å².